The van der Waals surface area contributed by atoms with Crippen LogP contribution in [0.15, 0.2) is 30.0 Å². The van der Waals surface area contributed by atoms with Gasteiger partial charge in [-0.05, 0) is 13.0 Å². The highest BCUT2D eigenvalue weighted by atomic mass is 32.2. The Labute approximate surface area is 141 Å². The van der Waals surface area contributed by atoms with Crippen molar-refractivity contribution in [2.24, 2.45) is 0 Å². The molecule has 0 aliphatic carbocycles. The molecule has 0 bridgehead atoms. The molecule has 23 heavy (non-hydrogen) atoms. The van der Waals surface area contributed by atoms with Crippen LogP contribution >= 0.6 is 11.3 Å². The van der Waals surface area contributed by atoms with Gasteiger partial charge in [-0.15, -0.1) is 0 Å². The molecule has 126 valence electrons. The number of rotatable bonds is 8. The van der Waals surface area contributed by atoms with Crippen molar-refractivity contribution < 1.29 is 22.3 Å². The number of hydrogen-bond acceptors (Lipinski definition) is 5. The fourth-order valence-electron chi connectivity index (χ4n) is 2.36. The number of aromatic nitrogens is 1. The molecule has 1 heterocycles. The molecular weight excluding hydrogens is 334 g/mol. The van der Waals surface area contributed by atoms with Gasteiger partial charge in [0, 0.05) is 24.7 Å². The van der Waals surface area contributed by atoms with Crippen molar-refractivity contribution in [1.29, 1.82) is 0 Å². The van der Waals surface area contributed by atoms with Crippen LogP contribution in [-0.2, 0) is 21.4 Å². The lowest BCUT2D eigenvalue weighted by atomic mass is 10.3. The monoisotopic (exact) mass is 355 g/mol. The van der Waals surface area contributed by atoms with E-state index in [4.69, 9.17) is 4.74 Å². The Bertz CT molecular complexity index is 794. The van der Waals surface area contributed by atoms with Gasteiger partial charge in [-0.3, -0.25) is 0 Å². The van der Waals surface area contributed by atoms with Gasteiger partial charge in [-0.1, -0.05) is 30.4 Å². The van der Waals surface area contributed by atoms with Gasteiger partial charge in [-0.2, -0.15) is 4.57 Å². The average Bonchev–Trinajstić information content (AvgIpc) is 2.83. The van der Waals surface area contributed by atoms with E-state index in [0.717, 1.165) is 27.4 Å². The lowest BCUT2D eigenvalue weighted by Crippen LogP contribution is -2.36. The fraction of sp³-hybridized carbons (Fsp3) is 0.438. The molecule has 1 aromatic heterocycles. The molecule has 0 saturated heterocycles. The molecule has 0 spiro atoms. The molecule has 0 aliphatic rings. The molecule has 2 rings (SSSR count). The van der Waals surface area contributed by atoms with E-state index >= 15 is 0 Å². The Morgan fingerprint density at radius 1 is 1.35 bits per heavy atom. The largest absolute Gasteiger partial charge is 0.748 e. The molecule has 1 aromatic carbocycles. The van der Waals surface area contributed by atoms with E-state index in [9.17, 15) is 13.0 Å². The van der Waals surface area contributed by atoms with Crippen LogP contribution in [-0.4, -0.2) is 25.3 Å². The number of nitrogens with zero attached hydrogens (tertiary/aromatic N) is 1. The van der Waals surface area contributed by atoms with Crippen molar-refractivity contribution in [2.75, 3.05) is 12.4 Å². The molecule has 0 amide bonds. The highest BCUT2D eigenvalue weighted by Crippen LogP contribution is 2.23. The smallest absolute Gasteiger partial charge is 0.266 e. The minimum absolute atomic E-state index is 0.300. The van der Waals surface area contributed by atoms with E-state index in [-0.39, 0.29) is 5.75 Å². The first-order valence-corrected chi connectivity index (χ1v) is 10.0. The van der Waals surface area contributed by atoms with Crippen molar-refractivity contribution in [3.8, 4) is 0 Å². The van der Waals surface area contributed by atoms with Crippen LogP contribution in [0.3, 0.4) is 0 Å². The van der Waals surface area contributed by atoms with Gasteiger partial charge in [0.25, 0.3) is 5.01 Å². The zero-order chi connectivity index (χ0) is 16.9. The first-order chi connectivity index (χ1) is 10.9. The lowest BCUT2D eigenvalue weighted by molar-refractivity contribution is -0.668. The van der Waals surface area contributed by atoms with E-state index < -0.39 is 10.1 Å². The number of fused-ring (bicyclic) bond motifs is 1. The zero-order valence-corrected chi connectivity index (χ0v) is 15.0. The van der Waals surface area contributed by atoms with Crippen molar-refractivity contribution >= 4 is 37.7 Å². The maximum absolute atomic E-state index is 10.8. The van der Waals surface area contributed by atoms with Gasteiger partial charge in [0.1, 0.15) is 10.5 Å². The maximum Gasteiger partial charge on any atom is 0.266 e. The second-order valence-electron chi connectivity index (χ2n) is 5.07. The molecule has 0 aliphatic heterocycles. The number of allylic oxidation sites excluding steroid dienone is 1. The first kappa shape index (κ1) is 17.9. The molecule has 0 unspecified atom stereocenters. The molecule has 5 nitrogen and oxygen atoms in total. The fourth-order valence-corrected chi connectivity index (χ4v) is 3.99. The number of thiazole rings is 1. The number of benzene rings is 1. The predicted octanol–water partition coefficient (Wildman–Crippen LogP) is 2.91. The van der Waals surface area contributed by atoms with Crippen molar-refractivity contribution in [3.05, 3.63) is 35.0 Å². The van der Waals surface area contributed by atoms with Gasteiger partial charge in [-0.25, -0.2) is 8.42 Å². The summed E-state index contributed by atoms with van der Waals surface area (Å²) in [6.45, 7) is 5.07. The van der Waals surface area contributed by atoms with E-state index in [1.54, 1.807) is 11.3 Å². The van der Waals surface area contributed by atoms with E-state index in [2.05, 4.69) is 4.57 Å². The summed E-state index contributed by atoms with van der Waals surface area (Å²) >= 11 is 1.63. The van der Waals surface area contributed by atoms with Crippen LogP contribution in [0.2, 0.25) is 0 Å². The van der Waals surface area contributed by atoms with Crippen LogP contribution in [0, 0.1) is 0 Å². The highest BCUT2D eigenvalue weighted by Gasteiger charge is 2.19. The van der Waals surface area contributed by atoms with Crippen molar-refractivity contribution in [1.82, 2.24) is 0 Å². The third kappa shape index (κ3) is 5.02. The van der Waals surface area contributed by atoms with Gasteiger partial charge >= 0.3 is 0 Å². The summed E-state index contributed by atoms with van der Waals surface area (Å²) in [6.07, 6.45) is 3.09. The molecule has 0 radical (unpaired) electrons. The second kappa shape index (κ2) is 7.90. The molecule has 0 fully saturated rings. The molecule has 0 atom stereocenters. The number of aryl methyl sites for hydroxylation is 1. The van der Waals surface area contributed by atoms with Crippen molar-refractivity contribution in [2.45, 2.75) is 33.2 Å². The summed E-state index contributed by atoms with van der Waals surface area (Å²) in [6, 6.07) is 7.96. The molecule has 7 heteroatoms. The van der Waals surface area contributed by atoms with Gasteiger partial charge in [0.15, 0.2) is 6.54 Å². The van der Waals surface area contributed by atoms with E-state index in [0.29, 0.717) is 19.6 Å². The van der Waals surface area contributed by atoms with Crippen LogP contribution in [0.4, 0.5) is 0 Å². The molecule has 0 saturated carbocycles. The summed E-state index contributed by atoms with van der Waals surface area (Å²) < 4.78 is 41.3. The average molecular weight is 355 g/mol. The number of hydrogen-bond donors (Lipinski definition) is 0. The van der Waals surface area contributed by atoms with Gasteiger partial charge in [0.2, 0.25) is 5.52 Å². The summed E-state index contributed by atoms with van der Waals surface area (Å²) in [4.78, 5) is 0. The topological polar surface area (TPSA) is 70.3 Å². The standard InChI is InChI=1S/C16H21NO4S2/c1-3-13(21-4-2)12-16-17(10-7-11-23(18,19)20)14-8-5-6-9-15(14)22-16/h5-6,8-9,12H,3-4,7,10-11H2,1-2H3/b13-12-. The van der Waals surface area contributed by atoms with Gasteiger partial charge in [0.05, 0.1) is 22.8 Å². The summed E-state index contributed by atoms with van der Waals surface area (Å²) in [5.74, 6) is 0.545. The minimum Gasteiger partial charge on any atom is -0.748 e. The number of ether oxygens (including phenoxy) is 1. The summed E-state index contributed by atoms with van der Waals surface area (Å²) in [7, 11) is -4.18. The highest BCUT2D eigenvalue weighted by molar-refractivity contribution is 7.85. The number of para-hydroxylation sites is 1. The quantitative estimate of drug-likeness (QED) is 0.415. The Morgan fingerprint density at radius 2 is 2.09 bits per heavy atom. The Morgan fingerprint density at radius 3 is 2.74 bits per heavy atom. The van der Waals surface area contributed by atoms with Crippen LogP contribution in [0.1, 0.15) is 31.7 Å². The van der Waals surface area contributed by atoms with Crippen LogP contribution < -0.4 is 4.57 Å². The maximum atomic E-state index is 10.8. The van der Waals surface area contributed by atoms with Crippen molar-refractivity contribution in [3.63, 3.8) is 0 Å². The molecule has 0 N–H and O–H groups in total. The Hall–Kier alpha value is -1.44. The van der Waals surface area contributed by atoms with Crippen LogP contribution in [0.5, 0.6) is 0 Å². The second-order valence-corrected chi connectivity index (χ2v) is 7.66. The Kier molecular flexibility index (Phi) is 6.15. The SMILES string of the molecule is CCO/C(=C\c1sc2ccccc2[n+]1CCCS(=O)(=O)[O-])CC. The van der Waals surface area contributed by atoms with E-state index in [1.165, 1.54) is 0 Å². The predicted molar refractivity (Wildman–Crippen MR) is 91.1 cm³/mol. The minimum atomic E-state index is -4.18. The Balaban J connectivity index is 2.37. The normalized spacial score (nSPS) is 12.7. The van der Waals surface area contributed by atoms with E-state index in [1.807, 2.05) is 44.2 Å². The molecule has 2 aromatic rings. The van der Waals surface area contributed by atoms with Gasteiger partial charge < -0.3 is 9.29 Å². The third-order valence-corrected chi connectivity index (χ3v) is 5.28. The third-order valence-electron chi connectivity index (χ3n) is 3.38. The zero-order valence-electron chi connectivity index (χ0n) is 13.3. The first-order valence-electron chi connectivity index (χ1n) is 7.63. The van der Waals surface area contributed by atoms with Crippen LogP contribution in [0.25, 0.3) is 16.3 Å². The summed E-state index contributed by atoms with van der Waals surface area (Å²) in [5, 5.41) is 1.000. The molecular formula is C16H21NO4S2. The lowest BCUT2D eigenvalue weighted by Gasteiger charge is -2.05. The summed E-state index contributed by atoms with van der Waals surface area (Å²) in [5.41, 5.74) is 1.04.